The number of carbonyl (C=O) groups excluding carboxylic acids is 1. The molecule has 0 bridgehead atoms. The molecule has 7 heteroatoms. The van der Waals surface area contributed by atoms with Crippen LogP contribution in [0.3, 0.4) is 0 Å². The molecule has 2 aromatic rings. The fourth-order valence-corrected chi connectivity index (χ4v) is 2.24. The molecule has 20 heavy (non-hydrogen) atoms. The van der Waals surface area contributed by atoms with Crippen LogP contribution in [0, 0.1) is 6.92 Å². The molecule has 1 aliphatic rings. The van der Waals surface area contributed by atoms with E-state index in [1.54, 1.807) is 22.7 Å². The highest BCUT2D eigenvalue weighted by atomic mass is 16.5. The molecule has 0 unspecified atom stereocenters. The lowest BCUT2D eigenvalue weighted by atomic mass is 10.0. The van der Waals surface area contributed by atoms with Gasteiger partial charge in [-0.15, -0.1) is 0 Å². The molecule has 1 amide bonds. The van der Waals surface area contributed by atoms with Gasteiger partial charge in [0, 0.05) is 38.8 Å². The van der Waals surface area contributed by atoms with Gasteiger partial charge in [-0.05, 0) is 12.0 Å². The second kappa shape index (κ2) is 4.92. The lowest BCUT2D eigenvalue weighted by molar-refractivity contribution is 0.0759. The Hall–Kier alpha value is -2.44. The van der Waals surface area contributed by atoms with E-state index in [-0.39, 0.29) is 11.7 Å². The number of aryl methyl sites for hydroxylation is 2. The molecule has 0 N–H and O–H groups in total. The van der Waals surface area contributed by atoms with Gasteiger partial charge in [0.05, 0.1) is 6.20 Å². The van der Waals surface area contributed by atoms with Crippen molar-refractivity contribution in [2.75, 3.05) is 13.1 Å². The summed E-state index contributed by atoms with van der Waals surface area (Å²) in [5.74, 6) is 0.319. The largest absolute Gasteiger partial charge is 0.339 e. The zero-order valence-corrected chi connectivity index (χ0v) is 11.4. The highest BCUT2D eigenvalue weighted by Gasteiger charge is 2.24. The summed E-state index contributed by atoms with van der Waals surface area (Å²) in [6, 6.07) is 0. The van der Waals surface area contributed by atoms with Crippen molar-refractivity contribution >= 4 is 11.5 Å². The third-order valence-electron chi connectivity index (χ3n) is 3.23. The van der Waals surface area contributed by atoms with Crippen molar-refractivity contribution in [3.8, 4) is 0 Å². The summed E-state index contributed by atoms with van der Waals surface area (Å²) in [6.45, 7) is 2.87. The fourth-order valence-electron chi connectivity index (χ4n) is 2.24. The molecule has 104 valence electrons. The molecule has 0 saturated heterocycles. The Kier molecular flexibility index (Phi) is 3.09. The summed E-state index contributed by atoms with van der Waals surface area (Å²) in [4.78, 5) is 18.0. The molecular formula is C13H15N5O2. The van der Waals surface area contributed by atoms with Gasteiger partial charge >= 0.3 is 0 Å². The van der Waals surface area contributed by atoms with Crippen LogP contribution in [-0.4, -0.2) is 43.8 Å². The van der Waals surface area contributed by atoms with Crippen molar-refractivity contribution in [2.24, 2.45) is 7.05 Å². The maximum Gasteiger partial charge on any atom is 0.295 e. The summed E-state index contributed by atoms with van der Waals surface area (Å²) in [6.07, 6.45) is 6.70. The van der Waals surface area contributed by atoms with Gasteiger partial charge in [0.15, 0.2) is 0 Å². The first-order valence-electron chi connectivity index (χ1n) is 6.41. The predicted molar refractivity (Wildman–Crippen MR) is 70.7 cm³/mol. The van der Waals surface area contributed by atoms with Crippen LogP contribution in [0.1, 0.15) is 28.5 Å². The van der Waals surface area contributed by atoms with Gasteiger partial charge in [-0.2, -0.15) is 10.1 Å². The van der Waals surface area contributed by atoms with Crippen LogP contribution in [-0.2, 0) is 7.05 Å². The summed E-state index contributed by atoms with van der Waals surface area (Å²) in [7, 11) is 1.87. The molecule has 0 radical (unpaired) electrons. The van der Waals surface area contributed by atoms with E-state index in [4.69, 9.17) is 4.52 Å². The van der Waals surface area contributed by atoms with Gasteiger partial charge in [-0.3, -0.25) is 9.48 Å². The number of hydrogen-bond donors (Lipinski definition) is 0. The average Bonchev–Trinajstić information content (AvgIpc) is 3.07. The molecule has 0 atom stereocenters. The first-order valence-corrected chi connectivity index (χ1v) is 6.41. The standard InChI is InChI=1S/C13H15N5O2/c1-9-15-12(16-20-9)13(19)18-5-3-4-10(8-18)11-6-14-17(2)7-11/h4,6-7H,3,5,8H2,1-2H3. The van der Waals surface area contributed by atoms with E-state index in [2.05, 4.69) is 21.3 Å². The van der Waals surface area contributed by atoms with Crippen molar-refractivity contribution in [2.45, 2.75) is 13.3 Å². The van der Waals surface area contributed by atoms with Crippen LogP contribution in [0.5, 0.6) is 0 Å². The molecule has 0 aliphatic carbocycles. The quantitative estimate of drug-likeness (QED) is 0.817. The first kappa shape index (κ1) is 12.6. The molecule has 7 nitrogen and oxygen atoms in total. The van der Waals surface area contributed by atoms with Crippen LogP contribution in [0.25, 0.3) is 5.57 Å². The average molecular weight is 273 g/mol. The summed E-state index contributed by atoms with van der Waals surface area (Å²) < 4.78 is 6.60. The minimum Gasteiger partial charge on any atom is -0.339 e. The van der Waals surface area contributed by atoms with Crippen LogP contribution < -0.4 is 0 Å². The second-order valence-corrected chi connectivity index (χ2v) is 4.78. The van der Waals surface area contributed by atoms with Gasteiger partial charge in [0.25, 0.3) is 11.7 Å². The van der Waals surface area contributed by atoms with Gasteiger partial charge < -0.3 is 9.42 Å². The van der Waals surface area contributed by atoms with Gasteiger partial charge in [-0.25, -0.2) is 0 Å². The Morgan fingerprint density at radius 1 is 1.45 bits per heavy atom. The maximum atomic E-state index is 12.3. The summed E-state index contributed by atoms with van der Waals surface area (Å²) >= 11 is 0. The number of rotatable bonds is 2. The van der Waals surface area contributed by atoms with Crippen molar-refractivity contribution in [3.63, 3.8) is 0 Å². The Morgan fingerprint density at radius 2 is 2.30 bits per heavy atom. The smallest absolute Gasteiger partial charge is 0.295 e. The monoisotopic (exact) mass is 273 g/mol. The second-order valence-electron chi connectivity index (χ2n) is 4.78. The Bertz CT molecular complexity index is 670. The number of hydrogen-bond acceptors (Lipinski definition) is 5. The normalized spacial score (nSPS) is 15.3. The van der Waals surface area contributed by atoms with Crippen LogP contribution >= 0.6 is 0 Å². The lowest BCUT2D eigenvalue weighted by Crippen LogP contribution is -2.36. The molecule has 3 heterocycles. The third-order valence-corrected chi connectivity index (χ3v) is 3.23. The van der Waals surface area contributed by atoms with Crippen molar-refractivity contribution in [1.82, 2.24) is 24.8 Å². The fraction of sp³-hybridized carbons (Fsp3) is 0.385. The van der Waals surface area contributed by atoms with Crippen molar-refractivity contribution in [1.29, 1.82) is 0 Å². The van der Waals surface area contributed by atoms with E-state index in [1.807, 2.05) is 13.2 Å². The number of aromatic nitrogens is 4. The number of nitrogens with zero attached hydrogens (tertiary/aromatic N) is 5. The van der Waals surface area contributed by atoms with E-state index < -0.39 is 0 Å². The van der Waals surface area contributed by atoms with Crippen LogP contribution in [0.2, 0.25) is 0 Å². The van der Waals surface area contributed by atoms with E-state index in [9.17, 15) is 4.79 Å². The van der Waals surface area contributed by atoms with Crippen LogP contribution in [0.4, 0.5) is 0 Å². The van der Waals surface area contributed by atoms with Gasteiger partial charge in [0.2, 0.25) is 5.89 Å². The van der Waals surface area contributed by atoms with E-state index >= 15 is 0 Å². The lowest BCUT2D eigenvalue weighted by Gasteiger charge is -2.25. The molecule has 1 aliphatic heterocycles. The van der Waals surface area contributed by atoms with E-state index in [0.717, 1.165) is 17.6 Å². The minimum absolute atomic E-state index is 0.120. The van der Waals surface area contributed by atoms with Gasteiger partial charge in [-0.1, -0.05) is 11.2 Å². The Morgan fingerprint density at radius 3 is 2.95 bits per heavy atom. The number of amides is 1. The van der Waals surface area contributed by atoms with Gasteiger partial charge in [0.1, 0.15) is 0 Å². The molecule has 0 aromatic carbocycles. The maximum absolute atomic E-state index is 12.3. The predicted octanol–water partition coefficient (Wildman–Crippen LogP) is 1.04. The zero-order valence-electron chi connectivity index (χ0n) is 11.4. The molecule has 2 aromatic heterocycles. The van der Waals surface area contributed by atoms with Crippen LogP contribution in [0.15, 0.2) is 23.0 Å². The van der Waals surface area contributed by atoms with Crippen molar-refractivity contribution in [3.05, 3.63) is 35.7 Å². The first-order chi connectivity index (χ1) is 9.63. The number of carbonyl (C=O) groups is 1. The molecule has 0 saturated carbocycles. The van der Waals surface area contributed by atoms with E-state index in [1.165, 1.54) is 0 Å². The summed E-state index contributed by atoms with van der Waals surface area (Å²) in [5, 5.41) is 7.84. The molecule has 0 spiro atoms. The molecule has 3 rings (SSSR count). The third kappa shape index (κ3) is 2.34. The topological polar surface area (TPSA) is 77.1 Å². The molecule has 0 fully saturated rings. The van der Waals surface area contributed by atoms with Crippen molar-refractivity contribution < 1.29 is 9.32 Å². The summed E-state index contributed by atoms with van der Waals surface area (Å²) in [5.41, 5.74) is 2.13. The van der Waals surface area contributed by atoms with E-state index in [0.29, 0.717) is 19.0 Å². The zero-order chi connectivity index (χ0) is 14.1. The highest BCUT2D eigenvalue weighted by Crippen LogP contribution is 2.21. The Balaban J connectivity index is 1.77. The Labute approximate surface area is 115 Å². The SMILES string of the molecule is Cc1nc(C(=O)N2CCC=C(c3cnn(C)c3)C2)no1. The molecular weight excluding hydrogens is 258 g/mol. The minimum atomic E-state index is -0.198. The highest BCUT2D eigenvalue weighted by molar-refractivity contribution is 5.91.